The van der Waals surface area contributed by atoms with E-state index in [-0.39, 0.29) is 0 Å². The predicted octanol–water partition coefficient (Wildman–Crippen LogP) is 10.5. The van der Waals surface area contributed by atoms with Crippen LogP contribution in [-0.4, -0.2) is 24.9 Å². The number of aromatic nitrogens is 5. The van der Waals surface area contributed by atoms with Crippen LogP contribution in [0.3, 0.4) is 0 Å². The summed E-state index contributed by atoms with van der Waals surface area (Å²) in [6, 6.07) is 20.2. The van der Waals surface area contributed by atoms with Gasteiger partial charge in [0.15, 0.2) is 0 Å². The second-order valence-corrected chi connectivity index (χ2v) is 14.0. The molecule has 0 atom stereocenters. The highest BCUT2D eigenvalue weighted by Crippen LogP contribution is 2.39. The van der Waals surface area contributed by atoms with Gasteiger partial charge in [-0.1, -0.05) is 76.6 Å². The molecule has 2 aromatic carbocycles. The number of benzene rings is 2. The molecule has 2 aliphatic carbocycles. The maximum atomic E-state index is 6.58. The second-order valence-electron chi connectivity index (χ2n) is 14.0. The van der Waals surface area contributed by atoms with Crippen molar-refractivity contribution < 1.29 is 0 Å². The zero-order chi connectivity index (χ0) is 33.6. The summed E-state index contributed by atoms with van der Waals surface area (Å²) in [7, 11) is 0. The Labute approximate surface area is 291 Å². The number of rotatable bonds is 10. The molecular weight excluding hydrogens is 603 g/mol. The van der Waals surface area contributed by atoms with Crippen LogP contribution >= 0.6 is 0 Å². The first-order chi connectivity index (χ1) is 24.1. The molecule has 0 aliphatic heterocycles. The summed E-state index contributed by atoms with van der Waals surface area (Å²) in [4.78, 5) is 25.9. The van der Waals surface area contributed by atoms with Crippen LogP contribution in [0.2, 0.25) is 0 Å². The Morgan fingerprint density at radius 1 is 0.592 bits per heavy atom. The van der Waals surface area contributed by atoms with Crippen molar-refractivity contribution in [3.63, 3.8) is 0 Å². The van der Waals surface area contributed by atoms with E-state index in [0.717, 1.165) is 46.5 Å². The zero-order valence-corrected chi connectivity index (χ0v) is 29.1. The minimum atomic E-state index is -0.530. The first-order valence-corrected chi connectivity index (χ1v) is 18.4. The summed E-state index contributed by atoms with van der Waals surface area (Å²) in [5.74, 6) is 2.63. The van der Waals surface area contributed by atoms with Crippen molar-refractivity contribution in [2.75, 3.05) is 4.90 Å². The maximum absolute atomic E-state index is 6.58. The fourth-order valence-corrected chi connectivity index (χ4v) is 7.79. The van der Waals surface area contributed by atoms with Crippen molar-refractivity contribution in [1.82, 2.24) is 24.9 Å². The average Bonchev–Trinajstić information content (AvgIpc) is 3.19. The molecule has 0 saturated heterocycles. The Bertz CT molecular complexity index is 1720. The second kappa shape index (κ2) is 15.0. The molecule has 0 spiro atoms. The highest BCUT2D eigenvalue weighted by molar-refractivity contribution is 5.82. The van der Waals surface area contributed by atoms with E-state index in [0.29, 0.717) is 23.6 Å². The van der Waals surface area contributed by atoms with Crippen molar-refractivity contribution >= 4 is 17.3 Å². The molecule has 0 unspecified atom stereocenters. The highest BCUT2D eigenvalue weighted by atomic mass is 15.3. The normalized spacial score (nSPS) is 16.1. The smallest absolute Gasteiger partial charge is 0.234 e. The lowest BCUT2D eigenvalue weighted by atomic mass is 9.84. The first-order valence-electron chi connectivity index (χ1n) is 18.4. The lowest BCUT2D eigenvalue weighted by Crippen LogP contribution is -2.37. The average molecular weight is 652 g/mol. The molecule has 252 valence electrons. The molecule has 0 bridgehead atoms. The SMILES string of the molecule is CCC(N)(CC)c1ncc(-c2cnccc2-c2cnc(N(c3ccc(C4CCCCC4)cc3)c3ccc(C4CCCCC4)cc3)nc2)cn1. The standard InChI is InChI=1S/C42H49N7/c1-3-42(43,4-2)40-45-25-35(26-46-40)39-29-44-24-23-38(39)34-27-47-41(48-28-34)49(36-19-15-32(16-20-36)30-11-7-5-8-12-30)37-21-17-33(18-22-37)31-13-9-6-10-14-31/h15-31H,3-14,43H2,1-2H3. The summed E-state index contributed by atoms with van der Waals surface area (Å²) < 4.78 is 0. The molecule has 3 heterocycles. The van der Waals surface area contributed by atoms with E-state index >= 15 is 0 Å². The highest BCUT2D eigenvalue weighted by Gasteiger charge is 2.26. The number of hydrogen-bond donors (Lipinski definition) is 1. The molecule has 2 saturated carbocycles. The Morgan fingerprint density at radius 2 is 1.06 bits per heavy atom. The molecule has 2 fully saturated rings. The summed E-state index contributed by atoms with van der Waals surface area (Å²) in [5, 5.41) is 0. The van der Waals surface area contributed by atoms with Gasteiger partial charge in [0.05, 0.1) is 5.54 Å². The minimum absolute atomic E-state index is 0.530. The number of pyridine rings is 1. The summed E-state index contributed by atoms with van der Waals surface area (Å²) in [6.07, 6.45) is 25.9. The van der Waals surface area contributed by atoms with Gasteiger partial charge in [0.2, 0.25) is 5.95 Å². The van der Waals surface area contributed by atoms with E-state index in [9.17, 15) is 0 Å². The Balaban J connectivity index is 1.20. The van der Waals surface area contributed by atoms with Crippen molar-refractivity contribution in [2.45, 2.75) is 108 Å². The van der Waals surface area contributed by atoms with Gasteiger partial charge in [-0.3, -0.25) is 9.88 Å². The quantitative estimate of drug-likeness (QED) is 0.161. The summed E-state index contributed by atoms with van der Waals surface area (Å²) >= 11 is 0. The van der Waals surface area contributed by atoms with Gasteiger partial charge in [-0.05, 0) is 97.4 Å². The van der Waals surface area contributed by atoms with Gasteiger partial charge in [-0.2, -0.15) is 0 Å². The molecule has 7 heteroatoms. The molecule has 2 N–H and O–H groups in total. The largest absolute Gasteiger partial charge is 0.319 e. The summed E-state index contributed by atoms with van der Waals surface area (Å²) in [5.41, 5.74) is 14.7. The molecule has 7 rings (SSSR count). The number of nitrogens with two attached hydrogens (primary N) is 1. The van der Waals surface area contributed by atoms with E-state index in [4.69, 9.17) is 15.7 Å². The molecular formula is C42H49N7. The molecule has 0 radical (unpaired) electrons. The number of nitrogens with zero attached hydrogens (tertiary/aromatic N) is 6. The van der Waals surface area contributed by atoms with E-state index in [1.165, 1.54) is 75.3 Å². The van der Waals surface area contributed by atoms with Crippen LogP contribution < -0.4 is 10.6 Å². The van der Waals surface area contributed by atoms with Crippen LogP contribution in [-0.2, 0) is 5.54 Å². The molecule has 5 aromatic rings. The van der Waals surface area contributed by atoms with Gasteiger partial charge in [-0.15, -0.1) is 0 Å². The van der Waals surface area contributed by atoms with Gasteiger partial charge in [0.1, 0.15) is 5.82 Å². The van der Waals surface area contributed by atoms with Crippen molar-refractivity contribution in [3.05, 3.63) is 109 Å². The van der Waals surface area contributed by atoms with Crippen molar-refractivity contribution in [3.8, 4) is 22.3 Å². The molecule has 0 amide bonds. The Hall–Kier alpha value is -4.49. The minimum Gasteiger partial charge on any atom is -0.319 e. The van der Waals surface area contributed by atoms with Crippen LogP contribution in [0.1, 0.15) is 120 Å². The van der Waals surface area contributed by atoms with E-state index in [2.05, 4.69) is 82.2 Å². The van der Waals surface area contributed by atoms with Gasteiger partial charge in [0.25, 0.3) is 0 Å². The van der Waals surface area contributed by atoms with Crippen LogP contribution in [0.5, 0.6) is 0 Å². The van der Waals surface area contributed by atoms with Crippen LogP contribution in [0.4, 0.5) is 17.3 Å². The van der Waals surface area contributed by atoms with Gasteiger partial charge in [0, 0.05) is 65.2 Å². The number of hydrogen-bond acceptors (Lipinski definition) is 7. The van der Waals surface area contributed by atoms with Gasteiger partial charge < -0.3 is 5.73 Å². The maximum Gasteiger partial charge on any atom is 0.234 e. The van der Waals surface area contributed by atoms with Gasteiger partial charge in [-0.25, -0.2) is 19.9 Å². The van der Waals surface area contributed by atoms with Crippen LogP contribution in [0, 0.1) is 0 Å². The third kappa shape index (κ3) is 7.13. The topological polar surface area (TPSA) is 93.7 Å². The molecule has 49 heavy (non-hydrogen) atoms. The third-order valence-corrected chi connectivity index (χ3v) is 11.1. The lowest BCUT2D eigenvalue weighted by molar-refractivity contribution is 0.387. The van der Waals surface area contributed by atoms with Crippen molar-refractivity contribution in [1.29, 1.82) is 0 Å². The predicted molar refractivity (Wildman–Crippen MR) is 199 cm³/mol. The van der Waals surface area contributed by atoms with Crippen LogP contribution in [0.25, 0.3) is 22.3 Å². The van der Waals surface area contributed by atoms with E-state index in [1.807, 2.05) is 37.1 Å². The van der Waals surface area contributed by atoms with Crippen molar-refractivity contribution in [2.24, 2.45) is 5.73 Å². The molecule has 3 aromatic heterocycles. The Kier molecular flexibility index (Phi) is 10.1. The monoisotopic (exact) mass is 651 g/mol. The molecule has 2 aliphatic rings. The fourth-order valence-electron chi connectivity index (χ4n) is 7.79. The van der Waals surface area contributed by atoms with E-state index in [1.54, 1.807) is 6.20 Å². The Morgan fingerprint density at radius 3 is 1.55 bits per heavy atom. The van der Waals surface area contributed by atoms with Crippen LogP contribution in [0.15, 0.2) is 91.8 Å². The number of anilines is 3. The third-order valence-electron chi connectivity index (χ3n) is 11.1. The fraction of sp³-hybridized carbons (Fsp3) is 0.405. The summed E-state index contributed by atoms with van der Waals surface area (Å²) in [6.45, 7) is 4.15. The van der Waals surface area contributed by atoms with E-state index < -0.39 is 5.54 Å². The van der Waals surface area contributed by atoms with Gasteiger partial charge >= 0.3 is 0 Å². The lowest BCUT2D eigenvalue weighted by Gasteiger charge is -2.26. The zero-order valence-electron chi connectivity index (χ0n) is 29.1. The first kappa shape index (κ1) is 33.0. The molecule has 7 nitrogen and oxygen atoms in total.